The Kier molecular flexibility index (Phi) is 8.71. The molecule has 0 spiro atoms. The van der Waals surface area contributed by atoms with E-state index in [1.807, 2.05) is 80.6 Å². The molecule has 162 valence electrons. The molecule has 1 atom stereocenters. The first kappa shape index (κ1) is 22.6. The Morgan fingerprint density at radius 3 is 2.10 bits per heavy atom. The van der Waals surface area contributed by atoms with E-state index < -0.39 is 6.10 Å². The molecule has 0 saturated carbocycles. The van der Waals surface area contributed by atoms with Gasteiger partial charge in [0, 0.05) is 6.54 Å². The molecule has 0 amide bonds. The van der Waals surface area contributed by atoms with Gasteiger partial charge in [0.15, 0.2) is 11.5 Å². The number of hydrogen-bond acceptors (Lipinski definition) is 4. The molecule has 4 nitrogen and oxygen atoms in total. The average Bonchev–Trinajstić information content (AvgIpc) is 2.81. The SMILES string of the molecule is C/C=C/c1ccc(OCC)c(OCC(O)CNC(c2ccccc2)c2ccccc2)c1. The van der Waals surface area contributed by atoms with Crippen molar-refractivity contribution in [3.8, 4) is 11.5 Å². The highest BCUT2D eigenvalue weighted by Crippen LogP contribution is 2.29. The molecule has 0 heterocycles. The van der Waals surface area contributed by atoms with E-state index in [0.29, 0.717) is 24.7 Å². The Hall–Kier alpha value is -3.08. The number of allylic oxidation sites excluding steroid dienone is 1. The highest BCUT2D eigenvalue weighted by molar-refractivity contribution is 5.55. The van der Waals surface area contributed by atoms with Crippen LogP contribution < -0.4 is 14.8 Å². The molecule has 4 heteroatoms. The minimum absolute atomic E-state index is 0.00550. The quantitative estimate of drug-likeness (QED) is 0.448. The highest BCUT2D eigenvalue weighted by atomic mass is 16.5. The predicted octanol–water partition coefficient (Wildman–Crippen LogP) is 5.24. The van der Waals surface area contributed by atoms with Gasteiger partial charge < -0.3 is 19.9 Å². The summed E-state index contributed by atoms with van der Waals surface area (Å²) >= 11 is 0. The van der Waals surface area contributed by atoms with Gasteiger partial charge in [-0.05, 0) is 42.7 Å². The van der Waals surface area contributed by atoms with Crippen molar-refractivity contribution in [2.24, 2.45) is 0 Å². The number of aliphatic hydroxyl groups excluding tert-OH is 1. The second kappa shape index (κ2) is 11.9. The molecule has 0 aromatic heterocycles. The Labute approximate surface area is 185 Å². The van der Waals surface area contributed by atoms with Gasteiger partial charge in [0.2, 0.25) is 0 Å². The van der Waals surface area contributed by atoms with E-state index in [9.17, 15) is 5.11 Å². The van der Waals surface area contributed by atoms with Crippen molar-refractivity contribution in [2.75, 3.05) is 19.8 Å². The molecule has 3 aromatic rings. The zero-order valence-electron chi connectivity index (χ0n) is 18.2. The van der Waals surface area contributed by atoms with Gasteiger partial charge in [-0.2, -0.15) is 0 Å². The molecule has 0 fully saturated rings. The van der Waals surface area contributed by atoms with Gasteiger partial charge in [-0.15, -0.1) is 0 Å². The summed E-state index contributed by atoms with van der Waals surface area (Å²) in [6, 6.07) is 26.3. The third-order valence-electron chi connectivity index (χ3n) is 4.88. The highest BCUT2D eigenvalue weighted by Gasteiger charge is 2.16. The van der Waals surface area contributed by atoms with E-state index in [-0.39, 0.29) is 12.6 Å². The van der Waals surface area contributed by atoms with Crippen LogP contribution in [0.4, 0.5) is 0 Å². The van der Waals surface area contributed by atoms with Gasteiger partial charge in [-0.25, -0.2) is 0 Å². The minimum atomic E-state index is -0.672. The molecule has 1 unspecified atom stereocenters. The van der Waals surface area contributed by atoms with Gasteiger partial charge in [-0.3, -0.25) is 0 Å². The lowest BCUT2D eigenvalue weighted by Crippen LogP contribution is -2.34. The lowest BCUT2D eigenvalue weighted by Gasteiger charge is -2.22. The van der Waals surface area contributed by atoms with Crippen molar-refractivity contribution >= 4 is 6.08 Å². The maximum atomic E-state index is 10.6. The summed E-state index contributed by atoms with van der Waals surface area (Å²) in [6.45, 7) is 5.03. The molecule has 3 aromatic carbocycles. The van der Waals surface area contributed by atoms with Crippen LogP contribution in [0.2, 0.25) is 0 Å². The Bertz CT molecular complexity index is 902. The minimum Gasteiger partial charge on any atom is -0.490 e. The van der Waals surface area contributed by atoms with Crippen LogP contribution in [0.3, 0.4) is 0 Å². The van der Waals surface area contributed by atoms with Crippen molar-refractivity contribution in [3.63, 3.8) is 0 Å². The fraction of sp³-hybridized carbons (Fsp3) is 0.259. The summed E-state index contributed by atoms with van der Waals surface area (Å²) < 4.78 is 11.6. The largest absolute Gasteiger partial charge is 0.490 e. The van der Waals surface area contributed by atoms with Crippen LogP contribution in [0.15, 0.2) is 84.9 Å². The van der Waals surface area contributed by atoms with Crippen LogP contribution in [0.5, 0.6) is 11.5 Å². The second-order valence-electron chi connectivity index (χ2n) is 7.27. The van der Waals surface area contributed by atoms with Gasteiger partial charge in [0.25, 0.3) is 0 Å². The van der Waals surface area contributed by atoms with Crippen LogP contribution in [0, 0.1) is 0 Å². The summed E-state index contributed by atoms with van der Waals surface area (Å²) in [6.07, 6.45) is 3.31. The van der Waals surface area contributed by atoms with E-state index >= 15 is 0 Å². The van der Waals surface area contributed by atoms with Crippen LogP contribution in [-0.2, 0) is 0 Å². The van der Waals surface area contributed by atoms with Crippen LogP contribution in [0.1, 0.15) is 36.6 Å². The van der Waals surface area contributed by atoms with Gasteiger partial charge in [0.05, 0.1) is 12.6 Å². The summed E-state index contributed by atoms with van der Waals surface area (Å²) in [7, 11) is 0. The molecule has 0 aliphatic carbocycles. The van der Waals surface area contributed by atoms with E-state index in [0.717, 1.165) is 16.7 Å². The standard InChI is InChI=1S/C27H31NO3/c1-3-11-21-16-17-25(30-4-2)26(18-21)31-20-24(29)19-28-27(22-12-7-5-8-13-22)23-14-9-6-10-15-23/h3,5-18,24,27-29H,4,19-20H2,1-2H3/b11-3+. The van der Waals surface area contributed by atoms with E-state index in [4.69, 9.17) is 9.47 Å². The Balaban J connectivity index is 1.65. The summed E-state index contributed by atoms with van der Waals surface area (Å²) in [5, 5.41) is 14.1. The normalized spacial score (nSPS) is 12.3. The van der Waals surface area contributed by atoms with Crippen LogP contribution in [-0.4, -0.2) is 31.0 Å². The summed E-state index contributed by atoms with van der Waals surface area (Å²) in [5.41, 5.74) is 3.33. The van der Waals surface area contributed by atoms with Crippen LogP contribution >= 0.6 is 0 Å². The molecule has 0 aliphatic heterocycles. The fourth-order valence-corrected chi connectivity index (χ4v) is 3.43. The van der Waals surface area contributed by atoms with Crippen molar-refractivity contribution in [3.05, 3.63) is 102 Å². The van der Waals surface area contributed by atoms with Crippen molar-refractivity contribution in [1.82, 2.24) is 5.32 Å². The lowest BCUT2D eigenvalue weighted by atomic mass is 9.98. The average molecular weight is 418 g/mol. The topological polar surface area (TPSA) is 50.7 Å². The Morgan fingerprint density at radius 1 is 0.871 bits per heavy atom. The zero-order chi connectivity index (χ0) is 21.9. The Morgan fingerprint density at radius 2 is 1.52 bits per heavy atom. The molecule has 0 radical (unpaired) electrons. The first-order valence-corrected chi connectivity index (χ1v) is 10.7. The van der Waals surface area contributed by atoms with E-state index in [1.54, 1.807) is 0 Å². The predicted molar refractivity (Wildman–Crippen MR) is 127 cm³/mol. The molecular weight excluding hydrogens is 386 g/mol. The van der Waals surface area contributed by atoms with E-state index in [2.05, 4.69) is 29.6 Å². The molecule has 0 saturated heterocycles. The zero-order valence-corrected chi connectivity index (χ0v) is 18.2. The summed E-state index contributed by atoms with van der Waals surface area (Å²) in [4.78, 5) is 0. The first-order valence-electron chi connectivity index (χ1n) is 10.7. The molecule has 0 bridgehead atoms. The molecule has 2 N–H and O–H groups in total. The van der Waals surface area contributed by atoms with Gasteiger partial charge in [0.1, 0.15) is 12.7 Å². The van der Waals surface area contributed by atoms with Crippen molar-refractivity contribution in [2.45, 2.75) is 26.0 Å². The fourth-order valence-electron chi connectivity index (χ4n) is 3.43. The third kappa shape index (κ3) is 6.71. The summed E-state index contributed by atoms with van der Waals surface area (Å²) in [5.74, 6) is 1.32. The lowest BCUT2D eigenvalue weighted by molar-refractivity contribution is 0.102. The number of nitrogens with one attached hydrogen (secondary N) is 1. The molecule has 0 aliphatic rings. The van der Waals surface area contributed by atoms with Crippen molar-refractivity contribution < 1.29 is 14.6 Å². The second-order valence-corrected chi connectivity index (χ2v) is 7.27. The maximum absolute atomic E-state index is 10.6. The monoisotopic (exact) mass is 417 g/mol. The first-order chi connectivity index (χ1) is 15.2. The van der Waals surface area contributed by atoms with Gasteiger partial charge >= 0.3 is 0 Å². The van der Waals surface area contributed by atoms with Crippen molar-refractivity contribution in [1.29, 1.82) is 0 Å². The molecule has 31 heavy (non-hydrogen) atoms. The third-order valence-corrected chi connectivity index (χ3v) is 4.88. The maximum Gasteiger partial charge on any atom is 0.161 e. The smallest absolute Gasteiger partial charge is 0.161 e. The molecule has 3 rings (SSSR count). The van der Waals surface area contributed by atoms with E-state index in [1.165, 1.54) is 0 Å². The number of aliphatic hydroxyl groups is 1. The van der Waals surface area contributed by atoms with Gasteiger partial charge in [-0.1, -0.05) is 78.9 Å². The number of ether oxygens (including phenoxy) is 2. The molecular formula is C27H31NO3. The number of rotatable bonds is 11. The number of benzene rings is 3. The van der Waals surface area contributed by atoms with Crippen LogP contribution in [0.25, 0.3) is 6.08 Å². The number of hydrogen-bond donors (Lipinski definition) is 2.